The van der Waals surface area contributed by atoms with Gasteiger partial charge >= 0.3 is 0 Å². The Morgan fingerprint density at radius 3 is 2.82 bits per heavy atom. The Morgan fingerprint density at radius 2 is 2.00 bits per heavy atom. The summed E-state index contributed by atoms with van der Waals surface area (Å²) in [5.41, 5.74) is 3.07. The maximum absolute atomic E-state index is 12.1. The maximum Gasteiger partial charge on any atom is 0.231 e. The maximum atomic E-state index is 12.1. The van der Waals surface area contributed by atoms with E-state index in [2.05, 4.69) is 16.0 Å². The van der Waals surface area contributed by atoms with Crippen LogP contribution in [-0.4, -0.2) is 49.5 Å². The standard InChI is InChI=1S/C25H31N3O6/c1-15(2)25(31)27-19-5-7-20(18-4-8-23(30)28-24(18)19)32-13-17(29)12-26-10-9-16-3-6-21-22(11-16)34-14-33-21/h3,5-7,11,15,17,26,29H,4,8-10,12-14H2,1-2H3,(H,27,31)(H,28,30). The zero-order valence-corrected chi connectivity index (χ0v) is 19.5. The van der Waals surface area contributed by atoms with Crippen molar-refractivity contribution < 1.29 is 28.9 Å². The molecule has 0 bridgehead atoms. The normalized spacial score (nSPS) is 15.0. The third-order valence-corrected chi connectivity index (χ3v) is 5.76. The Hall–Kier alpha value is -3.30. The van der Waals surface area contributed by atoms with Crippen molar-refractivity contribution in [3.05, 3.63) is 41.5 Å². The van der Waals surface area contributed by atoms with E-state index in [1.165, 1.54) is 0 Å². The molecule has 1 unspecified atom stereocenters. The van der Waals surface area contributed by atoms with Crippen LogP contribution in [0, 0.1) is 5.92 Å². The van der Waals surface area contributed by atoms with Crippen molar-refractivity contribution in [3.8, 4) is 17.2 Å². The summed E-state index contributed by atoms with van der Waals surface area (Å²) in [5, 5.41) is 19.3. The molecule has 4 rings (SSSR count). The van der Waals surface area contributed by atoms with Crippen molar-refractivity contribution in [1.82, 2.24) is 5.32 Å². The molecule has 0 spiro atoms. The Bertz CT molecular complexity index is 1060. The molecular formula is C25H31N3O6. The highest BCUT2D eigenvalue weighted by Gasteiger charge is 2.23. The SMILES string of the molecule is CC(C)C(=O)Nc1ccc(OCC(O)CNCCc2ccc3c(c2)OCO3)c2c1NC(=O)CC2. The third-order valence-electron chi connectivity index (χ3n) is 5.76. The Morgan fingerprint density at radius 1 is 1.18 bits per heavy atom. The molecule has 9 heteroatoms. The summed E-state index contributed by atoms with van der Waals surface area (Å²) < 4.78 is 16.6. The molecule has 9 nitrogen and oxygen atoms in total. The van der Waals surface area contributed by atoms with Gasteiger partial charge in [-0.05, 0) is 49.2 Å². The highest BCUT2D eigenvalue weighted by molar-refractivity contribution is 6.03. The third kappa shape index (κ3) is 5.78. The number of rotatable bonds is 10. The highest BCUT2D eigenvalue weighted by atomic mass is 16.7. The number of ether oxygens (including phenoxy) is 3. The second kappa shape index (κ2) is 10.8. The van der Waals surface area contributed by atoms with E-state index in [1.807, 2.05) is 32.0 Å². The number of hydrogen-bond donors (Lipinski definition) is 4. The van der Waals surface area contributed by atoms with E-state index in [4.69, 9.17) is 14.2 Å². The number of aliphatic hydroxyl groups is 1. The molecule has 0 aromatic heterocycles. The fourth-order valence-electron chi connectivity index (χ4n) is 3.82. The summed E-state index contributed by atoms with van der Waals surface area (Å²) in [6.07, 6.45) is 0.938. The molecule has 2 aromatic carbocycles. The molecule has 0 fully saturated rings. The van der Waals surface area contributed by atoms with Gasteiger partial charge < -0.3 is 35.3 Å². The minimum atomic E-state index is -0.703. The average molecular weight is 470 g/mol. The fraction of sp³-hybridized carbons (Fsp3) is 0.440. The lowest BCUT2D eigenvalue weighted by molar-refractivity contribution is -0.119. The Balaban J connectivity index is 1.28. The molecule has 0 saturated carbocycles. The largest absolute Gasteiger partial charge is 0.490 e. The number of fused-ring (bicyclic) bond motifs is 2. The number of nitrogens with one attached hydrogen (secondary N) is 3. The Labute approximate surface area is 198 Å². The van der Waals surface area contributed by atoms with Crippen LogP contribution in [0.4, 0.5) is 11.4 Å². The molecule has 2 aliphatic heterocycles. The first-order valence-corrected chi connectivity index (χ1v) is 11.6. The van der Waals surface area contributed by atoms with Crippen molar-refractivity contribution in [2.45, 2.75) is 39.2 Å². The fourth-order valence-corrected chi connectivity index (χ4v) is 3.82. The van der Waals surface area contributed by atoms with E-state index in [1.54, 1.807) is 12.1 Å². The van der Waals surface area contributed by atoms with Gasteiger partial charge in [0.15, 0.2) is 11.5 Å². The molecule has 0 radical (unpaired) electrons. The number of carbonyl (C=O) groups is 2. The van der Waals surface area contributed by atoms with Gasteiger partial charge in [-0.15, -0.1) is 0 Å². The van der Waals surface area contributed by atoms with Gasteiger partial charge in [0, 0.05) is 24.4 Å². The molecule has 2 aliphatic rings. The number of benzene rings is 2. The molecule has 34 heavy (non-hydrogen) atoms. The van der Waals surface area contributed by atoms with Gasteiger partial charge in [0.05, 0.1) is 11.4 Å². The monoisotopic (exact) mass is 469 g/mol. The van der Waals surface area contributed by atoms with Gasteiger partial charge in [-0.1, -0.05) is 19.9 Å². The molecule has 1 atom stereocenters. The van der Waals surface area contributed by atoms with E-state index in [0.717, 1.165) is 29.0 Å². The molecule has 0 saturated heterocycles. The number of amides is 2. The van der Waals surface area contributed by atoms with Crippen molar-refractivity contribution in [2.24, 2.45) is 5.92 Å². The van der Waals surface area contributed by atoms with Crippen LogP contribution in [-0.2, 0) is 22.4 Å². The van der Waals surface area contributed by atoms with Crippen LogP contribution < -0.4 is 30.2 Å². The Kier molecular flexibility index (Phi) is 7.54. The number of hydrogen-bond acceptors (Lipinski definition) is 7. The molecule has 2 amide bonds. The smallest absolute Gasteiger partial charge is 0.231 e. The van der Waals surface area contributed by atoms with Gasteiger partial charge in [-0.25, -0.2) is 0 Å². The molecule has 182 valence electrons. The van der Waals surface area contributed by atoms with Crippen LogP contribution in [0.15, 0.2) is 30.3 Å². The second-order valence-electron chi connectivity index (χ2n) is 8.76. The van der Waals surface area contributed by atoms with Gasteiger partial charge in [0.25, 0.3) is 0 Å². The van der Waals surface area contributed by atoms with Crippen molar-refractivity contribution >= 4 is 23.2 Å². The average Bonchev–Trinajstić information content (AvgIpc) is 3.29. The predicted molar refractivity (Wildman–Crippen MR) is 128 cm³/mol. The first-order chi connectivity index (χ1) is 16.4. The zero-order chi connectivity index (χ0) is 24.1. The predicted octanol–water partition coefficient (Wildman–Crippen LogP) is 2.47. The summed E-state index contributed by atoms with van der Waals surface area (Å²) in [6.45, 7) is 5.06. The minimum Gasteiger partial charge on any atom is -0.490 e. The highest BCUT2D eigenvalue weighted by Crippen LogP contribution is 2.38. The number of carbonyl (C=O) groups excluding carboxylic acids is 2. The summed E-state index contributed by atoms with van der Waals surface area (Å²) >= 11 is 0. The second-order valence-corrected chi connectivity index (χ2v) is 8.76. The zero-order valence-electron chi connectivity index (χ0n) is 19.5. The van der Waals surface area contributed by atoms with Gasteiger partial charge in [-0.2, -0.15) is 0 Å². The van der Waals surface area contributed by atoms with Crippen LogP contribution >= 0.6 is 0 Å². The quantitative estimate of drug-likeness (QED) is 0.395. The lowest BCUT2D eigenvalue weighted by Gasteiger charge is -2.24. The number of aliphatic hydroxyl groups excluding tert-OH is 1. The minimum absolute atomic E-state index is 0.101. The summed E-state index contributed by atoms with van der Waals surface area (Å²) in [7, 11) is 0. The first kappa shape index (κ1) is 23.8. The molecule has 2 heterocycles. The van der Waals surface area contributed by atoms with Gasteiger partial charge in [-0.3, -0.25) is 9.59 Å². The van der Waals surface area contributed by atoms with Gasteiger partial charge in [0.1, 0.15) is 18.5 Å². The van der Waals surface area contributed by atoms with Crippen LogP contribution in [0.5, 0.6) is 17.2 Å². The number of anilines is 2. The summed E-state index contributed by atoms with van der Waals surface area (Å²) in [5.74, 6) is 1.71. The van der Waals surface area contributed by atoms with Crippen LogP contribution in [0.25, 0.3) is 0 Å². The molecular weight excluding hydrogens is 438 g/mol. The van der Waals surface area contributed by atoms with E-state index < -0.39 is 6.10 Å². The lowest BCUT2D eigenvalue weighted by atomic mass is 10.00. The van der Waals surface area contributed by atoms with E-state index in [9.17, 15) is 14.7 Å². The summed E-state index contributed by atoms with van der Waals surface area (Å²) in [4.78, 5) is 24.1. The van der Waals surface area contributed by atoms with Crippen LogP contribution in [0.2, 0.25) is 0 Å². The molecule has 2 aromatic rings. The lowest BCUT2D eigenvalue weighted by Crippen LogP contribution is -2.32. The topological polar surface area (TPSA) is 118 Å². The van der Waals surface area contributed by atoms with Crippen molar-refractivity contribution in [2.75, 3.05) is 37.1 Å². The molecule has 0 aliphatic carbocycles. The van der Waals surface area contributed by atoms with Crippen molar-refractivity contribution in [1.29, 1.82) is 0 Å². The first-order valence-electron chi connectivity index (χ1n) is 11.6. The van der Waals surface area contributed by atoms with E-state index >= 15 is 0 Å². The van der Waals surface area contributed by atoms with E-state index in [0.29, 0.717) is 43.1 Å². The van der Waals surface area contributed by atoms with Crippen molar-refractivity contribution in [3.63, 3.8) is 0 Å². The van der Waals surface area contributed by atoms with Crippen LogP contribution in [0.3, 0.4) is 0 Å². The summed E-state index contributed by atoms with van der Waals surface area (Å²) in [6, 6.07) is 9.37. The molecule has 4 N–H and O–H groups in total. The van der Waals surface area contributed by atoms with Crippen LogP contribution in [0.1, 0.15) is 31.4 Å². The van der Waals surface area contributed by atoms with Gasteiger partial charge in [0.2, 0.25) is 18.6 Å². The van der Waals surface area contributed by atoms with E-state index in [-0.39, 0.29) is 31.1 Å².